The van der Waals surface area contributed by atoms with Crippen LogP contribution < -0.4 is 4.74 Å². The number of hydrogen-bond donors (Lipinski definition) is 0. The SMILES string of the molecule is COC(=O)CN1CCO[C@@H](COc2ccc(Cl)cc2)C1. The van der Waals surface area contributed by atoms with Crippen molar-refractivity contribution in [1.29, 1.82) is 0 Å². The van der Waals surface area contributed by atoms with Gasteiger partial charge < -0.3 is 14.2 Å². The standard InChI is InChI=1S/C14H18ClNO4/c1-18-14(17)9-16-6-7-19-13(8-16)10-20-12-4-2-11(15)3-5-12/h2-5,13H,6-10H2,1H3/t13-/m1/s1. The summed E-state index contributed by atoms with van der Waals surface area (Å²) >= 11 is 5.81. The lowest BCUT2D eigenvalue weighted by Crippen LogP contribution is -2.46. The predicted molar refractivity (Wildman–Crippen MR) is 75.1 cm³/mol. The highest BCUT2D eigenvalue weighted by atomic mass is 35.5. The lowest BCUT2D eigenvalue weighted by Gasteiger charge is -2.31. The molecule has 0 aromatic heterocycles. The van der Waals surface area contributed by atoms with Crippen LogP contribution in [0, 0.1) is 0 Å². The maximum Gasteiger partial charge on any atom is 0.319 e. The molecular weight excluding hydrogens is 282 g/mol. The fraction of sp³-hybridized carbons (Fsp3) is 0.500. The second-order valence-electron chi connectivity index (χ2n) is 4.57. The summed E-state index contributed by atoms with van der Waals surface area (Å²) in [5.41, 5.74) is 0. The summed E-state index contributed by atoms with van der Waals surface area (Å²) in [4.78, 5) is 13.3. The molecule has 1 saturated heterocycles. The van der Waals surface area contributed by atoms with Crippen molar-refractivity contribution in [2.45, 2.75) is 6.10 Å². The van der Waals surface area contributed by atoms with Gasteiger partial charge in [0.25, 0.3) is 0 Å². The Balaban J connectivity index is 1.78. The molecule has 2 rings (SSSR count). The van der Waals surface area contributed by atoms with Crippen molar-refractivity contribution in [2.75, 3.05) is 40.0 Å². The molecule has 5 nitrogen and oxygen atoms in total. The van der Waals surface area contributed by atoms with Crippen molar-refractivity contribution >= 4 is 17.6 Å². The van der Waals surface area contributed by atoms with E-state index in [2.05, 4.69) is 4.74 Å². The molecule has 0 unspecified atom stereocenters. The van der Waals surface area contributed by atoms with Crippen molar-refractivity contribution in [3.63, 3.8) is 0 Å². The minimum absolute atomic E-state index is 0.0518. The number of methoxy groups -OCH3 is 1. The van der Waals surface area contributed by atoms with E-state index >= 15 is 0 Å². The third-order valence-electron chi connectivity index (χ3n) is 3.05. The monoisotopic (exact) mass is 299 g/mol. The molecule has 0 N–H and O–H groups in total. The number of rotatable bonds is 5. The number of carbonyl (C=O) groups is 1. The highest BCUT2D eigenvalue weighted by Crippen LogP contribution is 2.16. The summed E-state index contributed by atoms with van der Waals surface area (Å²) in [6, 6.07) is 7.19. The van der Waals surface area contributed by atoms with Gasteiger partial charge in [-0.05, 0) is 24.3 Å². The van der Waals surface area contributed by atoms with Gasteiger partial charge in [0.1, 0.15) is 18.5 Å². The summed E-state index contributed by atoms with van der Waals surface area (Å²) in [5, 5.41) is 0.676. The van der Waals surface area contributed by atoms with Crippen LogP contribution in [0.1, 0.15) is 0 Å². The fourth-order valence-corrected chi connectivity index (χ4v) is 2.12. The van der Waals surface area contributed by atoms with Crippen LogP contribution in [0.25, 0.3) is 0 Å². The molecule has 110 valence electrons. The molecule has 1 aliphatic heterocycles. The van der Waals surface area contributed by atoms with Crippen LogP contribution in [0.2, 0.25) is 5.02 Å². The molecule has 1 aliphatic rings. The summed E-state index contributed by atoms with van der Waals surface area (Å²) in [5.74, 6) is 0.521. The van der Waals surface area contributed by atoms with Crippen molar-refractivity contribution < 1.29 is 19.0 Å². The van der Waals surface area contributed by atoms with E-state index in [9.17, 15) is 4.79 Å². The van der Waals surface area contributed by atoms with E-state index in [0.29, 0.717) is 24.8 Å². The van der Waals surface area contributed by atoms with E-state index in [1.54, 1.807) is 12.1 Å². The van der Waals surface area contributed by atoms with Crippen molar-refractivity contribution in [3.8, 4) is 5.75 Å². The molecule has 0 saturated carbocycles. The number of carbonyl (C=O) groups excluding carboxylic acids is 1. The van der Waals surface area contributed by atoms with Crippen LogP contribution in [0.15, 0.2) is 24.3 Å². The summed E-state index contributed by atoms with van der Waals surface area (Å²) in [7, 11) is 1.39. The van der Waals surface area contributed by atoms with E-state index in [0.717, 1.165) is 12.3 Å². The number of halogens is 1. The first-order chi connectivity index (χ1) is 9.67. The number of benzene rings is 1. The summed E-state index contributed by atoms with van der Waals surface area (Å²) in [6.45, 7) is 2.71. The van der Waals surface area contributed by atoms with Gasteiger partial charge in [-0.2, -0.15) is 0 Å². The molecule has 0 bridgehead atoms. The Morgan fingerprint density at radius 1 is 1.45 bits per heavy atom. The zero-order valence-corrected chi connectivity index (χ0v) is 12.1. The Bertz CT molecular complexity index is 437. The van der Waals surface area contributed by atoms with Crippen LogP contribution >= 0.6 is 11.6 Å². The molecule has 0 radical (unpaired) electrons. The Kier molecular flexibility index (Phi) is 5.64. The maximum atomic E-state index is 11.2. The van der Waals surface area contributed by atoms with Crippen molar-refractivity contribution in [2.24, 2.45) is 0 Å². The second kappa shape index (κ2) is 7.47. The third kappa shape index (κ3) is 4.67. The molecular formula is C14H18ClNO4. The minimum atomic E-state index is -0.232. The first-order valence-corrected chi connectivity index (χ1v) is 6.84. The van der Waals surface area contributed by atoms with Gasteiger partial charge >= 0.3 is 5.97 Å². The first kappa shape index (κ1) is 15.1. The molecule has 1 aromatic carbocycles. The average molecular weight is 300 g/mol. The molecule has 1 atom stereocenters. The molecule has 0 amide bonds. The van der Waals surface area contributed by atoms with Gasteiger partial charge in [0.2, 0.25) is 0 Å². The Hall–Kier alpha value is -1.30. The summed E-state index contributed by atoms with van der Waals surface area (Å²) < 4.78 is 15.9. The van der Waals surface area contributed by atoms with Crippen LogP contribution in [-0.4, -0.2) is 56.9 Å². The molecule has 1 fully saturated rings. The second-order valence-corrected chi connectivity index (χ2v) is 5.01. The van der Waals surface area contributed by atoms with Crippen molar-refractivity contribution in [3.05, 3.63) is 29.3 Å². The lowest BCUT2D eigenvalue weighted by atomic mass is 10.3. The van der Waals surface area contributed by atoms with Gasteiger partial charge in [0.05, 0.1) is 20.3 Å². The third-order valence-corrected chi connectivity index (χ3v) is 3.30. The van der Waals surface area contributed by atoms with Gasteiger partial charge in [-0.15, -0.1) is 0 Å². The number of morpholine rings is 1. The number of nitrogens with zero attached hydrogens (tertiary/aromatic N) is 1. The van der Waals surface area contributed by atoms with Gasteiger partial charge in [-0.1, -0.05) is 11.6 Å². The number of esters is 1. The number of ether oxygens (including phenoxy) is 3. The largest absolute Gasteiger partial charge is 0.491 e. The van der Waals surface area contributed by atoms with E-state index in [4.69, 9.17) is 21.1 Å². The maximum absolute atomic E-state index is 11.2. The Labute approximate surface area is 123 Å². The summed E-state index contributed by atoms with van der Waals surface area (Å²) in [6.07, 6.45) is -0.0518. The zero-order chi connectivity index (χ0) is 14.4. The Morgan fingerprint density at radius 3 is 2.90 bits per heavy atom. The molecule has 20 heavy (non-hydrogen) atoms. The smallest absolute Gasteiger partial charge is 0.319 e. The van der Waals surface area contributed by atoms with Crippen LogP contribution in [0.3, 0.4) is 0 Å². The highest BCUT2D eigenvalue weighted by Gasteiger charge is 2.22. The highest BCUT2D eigenvalue weighted by molar-refractivity contribution is 6.30. The predicted octanol–water partition coefficient (Wildman–Crippen LogP) is 1.59. The minimum Gasteiger partial charge on any atom is -0.491 e. The van der Waals surface area contributed by atoms with E-state index in [1.165, 1.54) is 7.11 Å². The first-order valence-electron chi connectivity index (χ1n) is 6.46. The van der Waals surface area contributed by atoms with Gasteiger partial charge in [-0.3, -0.25) is 9.69 Å². The van der Waals surface area contributed by atoms with E-state index in [-0.39, 0.29) is 18.6 Å². The topological polar surface area (TPSA) is 48.0 Å². The molecule has 6 heteroatoms. The molecule has 1 heterocycles. The van der Waals surface area contributed by atoms with Crippen LogP contribution in [0.5, 0.6) is 5.75 Å². The average Bonchev–Trinajstić information content (AvgIpc) is 2.47. The quantitative estimate of drug-likeness (QED) is 0.773. The van der Waals surface area contributed by atoms with Crippen LogP contribution in [0.4, 0.5) is 0 Å². The van der Waals surface area contributed by atoms with Gasteiger partial charge in [0.15, 0.2) is 0 Å². The lowest BCUT2D eigenvalue weighted by molar-refractivity contribution is -0.144. The van der Waals surface area contributed by atoms with E-state index < -0.39 is 0 Å². The van der Waals surface area contributed by atoms with Gasteiger partial charge in [-0.25, -0.2) is 0 Å². The van der Waals surface area contributed by atoms with Crippen LogP contribution in [-0.2, 0) is 14.3 Å². The molecule has 0 spiro atoms. The van der Waals surface area contributed by atoms with E-state index in [1.807, 2.05) is 17.0 Å². The zero-order valence-electron chi connectivity index (χ0n) is 11.4. The number of hydrogen-bond acceptors (Lipinski definition) is 5. The van der Waals surface area contributed by atoms with Gasteiger partial charge in [0, 0.05) is 18.1 Å². The fourth-order valence-electron chi connectivity index (χ4n) is 1.99. The normalized spacial score (nSPS) is 19.6. The van der Waals surface area contributed by atoms with Crippen molar-refractivity contribution in [1.82, 2.24) is 4.90 Å². The Morgan fingerprint density at radius 2 is 2.20 bits per heavy atom. The molecule has 1 aromatic rings. The molecule has 0 aliphatic carbocycles.